The Morgan fingerprint density at radius 2 is 1.83 bits per heavy atom. The van der Waals surface area contributed by atoms with E-state index in [2.05, 4.69) is 56.9 Å². The highest BCUT2D eigenvalue weighted by Gasteiger charge is 2.12. The van der Waals surface area contributed by atoms with Crippen molar-refractivity contribution in [3.8, 4) is 0 Å². The summed E-state index contributed by atoms with van der Waals surface area (Å²) in [6, 6.07) is 8.88. The van der Waals surface area contributed by atoms with Gasteiger partial charge in [-0.3, -0.25) is 0 Å². The summed E-state index contributed by atoms with van der Waals surface area (Å²) in [5, 5.41) is 0. The first-order valence-corrected chi connectivity index (χ1v) is 7.16. The van der Waals surface area contributed by atoms with Gasteiger partial charge in [-0.25, -0.2) is 0 Å². The topological polar surface area (TPSA) is 29.3 Å². The van der Waals surface area contributed by atoms with Crippen LogP contribution in [0, 0.1) is 5.92 Å². The van der Waals surface area contributed by atoms with Gasteiger partial charge < -0.3 is 10.6 Å². The van der Waals surface area contributed by atoms with E-state index in [1.54, 1.807) is 0 Å². The second-order valence-corrected chi connectivity index (χ2v) is 5.36. The zero-order valence-corrected chi connectivity index (χ0v) is 12.3. The summed E-state index contributed by atoms with van der Waals surface area (Å²) < 4.78 is 0. The molecule has 0 saturated heterocycles. The fourth-order valence-corrected chi connectivity index (χ4v) is 2.24. The number of para-hydroxylation sites is 1. The maximum Gasteiger partial charge on any atom is 0.0399 e. The number of anilines is 1. The highest BCUT2D eigenvalue weighted by atomic mass is 15.1. The minimum absolute atomic E-state index is 0.216. The van der Waals surface area contributed by atoms with E-state index in [0.717, 1.165) is 25.4 Å². The Bertz CT molecular complexity index is 347. The van der Waals surface area contributed by atoms with E-state index in [-0.39, 0.29) is 6.04 Å². The lowest BCUT2D eigenvalue weighted by molar-refractivity contribution is 0.546. The van der Waals surface area contributed by atoms with E-state index in [0.29, 0.717) is 0 Å². The monoisotopic (exact) mass is 248 g/mol. The third-order valence-corrected chi connectivity index (χ3v) is 3.48. The Hall–Kier alpha value is -1.02. The number of hydrogen-bond donors (Lipinski definition) is 1. The molecule has 2 N–H and O–H groups in total. The maximum atomic E-state index is 5.94. The molecule has 2 nitrogen and oxygen atoms in total. The second-order valence-electron chi connectivity index (χ2n) is 5.36. The van der Waals surface area contributed by atoms with Gasteiger partial charge in [0.05, 0.1) is 0 Å². The molecular weight excluding hydrogens is 220 g/mol. The molecule has 0 aliphatic heterocycles. The molecule has 0 spiro atoms. The van der Waals surface area contributed by atoms with Crippen LogP contribution in [0.2, 0.25) is 0 Å². The average Bonchev–Trinajstić information content (AvgIpc) is 2.36. The van der Waals surface area contributed by atoms with Gasteiger partial charge in [-0.1, -0.05) is 38.5 Å². The predicted molar refractivity (Wildman–Crippen MR) is 81.1 cm³/mol. The second kappa shape index (κ2) is 7.42. The van der Waals surface area contributed by atoms with Crippen molar-refractivity contribution < 1.29 is 0 Å². The van der Waals surface area contributed by atoms with E-state index >= 15 is 0 Å². The number of nitrogens with two attached hydrogens (primary N) is 1. The van der Waals surface area contributed by atoms with Crippen LogP contribution < -0.4 is 10.6 Å². The number of benzene rings is 1. The smallest absolute Gasteiger partial charge is 0.0399 e. The quantitative estimate of drug-likeness (QED) is 0.801. The normalized spacial score (nSPS) is 14.3. The molecule has 0 heterocycles. The van der Waals surface area contributed by atoms with E-state index in [4.69, 9.17) is 5.73 Å². The van der Waals surface area contributed by atoms with Crippen molar-refractivity contribution in [2.75, 3.05) is 18.0 Å². The molecule has 0 amide bonds. The van der Waals surface area contributed by atoms with E-state index in [1.165, 1.54) is 17.7 Å². The van der Waals surface area contributed by atoms with Gasteiger partial charge in [0.15, 0.2) is 0 Å². The molecule has 0 bridgehead atoms. The molecule has 0 saturated carbocycles. The zero-order valence-electron chi connectivity index (χ0n) is 12.3. The minimum Gasteiger partial charge on any atom is -0.371 e. The fourth-order valence-electron chi connectivity index (χ4n) is 2.24. The summed E-state index contributed by atoms with van der Waals surface area (Å²) >= 11 is 0. The van der Waals surface area contributed by atoms with E-state index in [1.807, 2.05) is 0 Å². The molecule has 0 aliphatic carbocycles. The van der Waals surface area contributed by atoms with Crippen molar-refractivity contribution in [3.63, 3.8) is 0 Å². The average molecular weight is 248 g/mol. The molecule has 1 aromatic carbocycles. The van der Waals surface area contributed by atoms with Crippen molar-refractivity contribution >= 4 is 5.69 Å². The fraction of sp³-hybridized carbons (Fsp3) is 0.625. The van der Waals surface area contributed by atoms with Crippen molar-refractivity contribution in [3.05, 3.63) is 29.8 Å². The minimum atomic E-state index is 0.216. The van der Waals surface area contributed by atoms with Crippen LogP contribution in [0.5, 0.6) is 0 Å². The van der Waals surface area contributed by atoms with Gasteiger partial charge in [0.1, 0.15) is 0 Å². The van der Waals surface area contributed by atoms with Crippen LogP contribution in [0.25, 0.3) is 0 Å². The predicted octanol–water partition coefficient (Wildman–Crippen LogP) is 3.45. The third kappa shape index (κ3) is 4.34. The van der Waals surface area contributed by atoms with Gasteiger partial charge in [0.2, 0.25) is 0 Å². The Morgan fingerprint density at radius 1 is 1.17 bits per heavy atom. The molecule has 0 aromatic heterocycles. The molecular formula is C16H28N2. The summed E-state index contributed by atoms with van der Waals surface area (Å²) in [5.41, 5.74) is 8.68. The van der Waals surface area contributed by atoms with Crippen molar-refractivity contribution in [1.29, 1.82) is 0 Å². The summed E-state index contributed by atoms with van der Waals surface area (Å²) in [5.74, 6) is 0.730. The molecule has 102 valence electrons. The van der Waals surface area contributed by atoms with Crippen LogP contribution in [0.1, 0.15) is 39.7 Å². The Kier molecular flexibility index (Phi) is 6.20. The molecule has 2 heteroatoms. The van der Waals surface area contributed by atoms with Gasteiger partial charge in [-0.15, -0.1) is 0 Å². The Balaban J connectivity index is 2.90. The number of rotatable bonds is 7. The summed E-state index contributed by atoms with van der Waals surface area (Å²) in [6.45, 7) is 11.1. The first-order chi connectivity index (χ1) is 8.58. The summed E-state index contributed by atoms with van der Waals surface area (Å²) in [6.07, 6.45) is 2.18. The molecule has 0 radical (unpaired) electrons. The zero-order chi connectivity index (χ0) is 13.5. The first kappa shape index (κ1) is 15.0. The van der Waals surface area contributed by atoms with Gasteiger partial charge in [0.25, 0.3) is 0 Å². The molecule has 18 heavy (non-hydrogen) atoms. The van der Waals surface area contributed by atoms with E-state index in [9.17, 15) is 0 Å². The molecule has 0 fully saturated rings. The Morgan fingerprint density at radius 3 is 2.39 bits per heavy atom. The van der Waals surface area contributed by atoms with Crippen LogP contribution in [0.3, 0.4) is 0 Å². The first-order valence-electron chi connectivity index (χ1n) is 7.16. The SMILES string of the molecule is CCC(C)CN(CC)c1ccccc1CC(C)N. The van der Waals surface area contributed by atoms with E-state index < -0.39 is 0 Å². The number of nitrogens with zero attached hydrogens (tertiary/aromatic N) is 1. The van der Waals surface area contributed by atoms with Crippen molar-refractivity contribution in [2.45, 2.75) is 46.6 Å². The largest absolute Gasteiger partial charge is 0.371 e. The summed E-state index contributed by atoms with van der Waals surface area (Å²) in [4.78, 5) is 2.48. The lowest BCUT2D eigenvalue weighted by Crippen LogP contribution is -2.30. The third-order valence-electron chi connectivity index (χ3n) is 3.48. The summed E-state index contributed by atoms with van der Waals surface area (Å²) in [7, 11) is 0. The molecule has 0 aliphatic rings. The van der Waals surface area contributed by atoms with Gasteiger partial charge >= 0.3 is 0 Å². The maximum absolute atomic E-state index is 5.94. The lowest BCUT2D eigenvalue weighted by Gasteiger charge is -2.28. The van der Waals surface area contributed by atoms with Crippen LogP contribution in [-0.2, 0) is 6.42 Å². The van der Waals surface area contributed by atoms with Crippen LogP contribution in [-0.4, -0.2) is 19.1 Å². The van der Waals surface area contributed by atoms with Crippen LogP contribution in [0.15, 0.2) is 24.3 Å². The van der Waals surface area contributed by atoms with Crippen LogP contribution >= 0.6 is 0 Å². The van der Waals surface area contributed by atoms with Crippen LogP contribution in [0.4, 0.5) is 5.69 Å². The molecule has 1 rings (SSSR count). The molecule has 1 aromatic rings. The molecule has 2 unspecified atom stereocenters. The van der Waals surface area contributed by atoms with Gasteiger partial charge in [0, 0.05) is 24.8 Å². The standard InChI is InChI=1S/C16H28N2/c1-5-13(3)12-18(6-2)16-10-8-7-9-15(16)11-14(4)17/h7-10,13-14H,5-6,11-12,17H2,1-4H3. The highest BCUT2D eigenvalue weighted by Crippen LogP contribution is 2.23. The van der Waals surface area contributed by atoms with Crippen molar-refractivity contribution in [2.24, 2.45) is 11.7 Å². The number of hydrogen-bond acceptors (Lipinski definition) is 2. The molecule has 2 atom stereocenters. The Labute approximate surface area is 112 Å². The lowest BCUT2D eigenvalue weighted by atomic mass is 10.0. The van der Waals surface area contributed by atoms with Crippen molar-refractivity contribution in [1.82, 2.24) is 0 Å². The van der Waals surface area contributed by atoms with Gasteiger partial charge in [-0.05, 0) is 37.8 Å². The van der Waals surface area contributed by atoms with Gasteiger partial charge in [-0.2, -0.15) is 0 Å². The highest BCUT2D eigenvalue weighted by molar-refractivity contribution is 5.54.